The van der Waals surface area contributed by atoms with Gasteiger partial charge in [-0.2, -0.15) is 8.78 Å². The smallest absolute Gasteiger partial charge is 0.387 e. The van der Waals surface area contributed by atoms with Crippen molar-refractivity contribution in [2.75, 3.05) is 34.9 Å². The molecule has 0 aromatic heterocycles. The van der Waals surface area contributed by atoms with Crippen molar-refractivity contribution in [3.63, 3.8) is 0 Å². The van der Waals surface area contributed by atoms with Crippen LogP contribution in [-0.2, 0) is 17.9 Å². The Bertz CT molecular complexity index is 848. The summed E-state index contributed by atoms with van der Waals surface area (Å²) in [6.45, 7) is -1.99. The topological polar surface area (TPSA) is 69.3 Å². The van der Waals surface area contributed by atoms with Crippen molar-refractivity contribution >= 4 is 5.91 Å². The monoisotopic (exact) mass is 424 g/mol. The molecule has 0 aliphatic heterocycles. The second-order valence-corrected chi connectivity index (χ2v) is 6.50. The number of likely N-dealkylation sites (N-methyl/N-ethyl adjacent to an activating group) is 1. The van der Waals surface area contributed by atoms with Crippen molar-refractivity contribution in [2.45, 2.75) is 19.7 Å². The van der Waals surface area contributed by atoms with Gasteiger partial charge in [0, 0.05) is 13.1 Å². The van der Waals surface area contributed by atoms with E-state index in [9.17, 15) is 13.6 Å². The molecule has 0 radical (unpaired) electrons. The molecule has 1 N–H and O–H groups in total. The number of rotatable bonds is 11. The number of carbonyl (C=O) groups is 1. The normalized spacial score (nSPS) is 10.8. The molecule has 0 atom stereocenters. The van der Waals surface area contributed by atoms with Crippen molar-refractivity contribution in [3.8, 4) is 23.0 Å². The molecule has 0 saturated heterocycles. The summed E-state index contributed by atoms with van der Waals surface area (Å²) >= 11 is 0. The molecule has 2 rings (SSSR count). The van der Waals surface area contributed by atoms with Crippen LogP contribution in [0.4, 0.5) is 8.78 Å². The molecule has 30 heavy (non-hydrogen) atoms. The lowest BCUT2D eigenvalue weighted by Gasteiger charge is -2.18. The van der Waals surface area contributed by atoms with E-state index in [2.05, 4.69) is 10.1 Å². The molecule has 0 unspecified atom stereocenters. The number of carbonyl (C=O) groups excluding carboxylic acids is 1. The first-order valence-corrected chi connectivity index (χ1v) is 9.14. The van der Waals surface area contributed by atoms with Crippen LogP contribution in [0.2, 0.25) is 0 Å². The summed E-state index contributed by atoms with van der Waals surface area (Å²) in [5.41, 5.74) is 1.67. The van der Waals surface area contributed by atoms with Gasteiger partial charge in [-0.1, -0.05) is 12.1 Å². The molecule has 0 saturated carbocycles. The van der Waals surface area contributed by atoms with E-state index in [0.29, 0.717) is 23.6 Å². The van der Waals surface area contributed by atoms with Crippen LogP contribution in [0.3, 0.4) is 0 Å². The van der Waals surface area contributed by atoms with Gasteiger partial charge in [0.15, 0.2) is 23.0 Å². The van der Waals surface area contributed by atoms with Gasteiger partial charge in [0.2, 0.25) is 5.91 Å². The third kappa shape index (κ3) is 6.77. The van der Waals surface area contributed by atoms with Crippen LogP contribution in [0, 0.1) is 0 Å². The predicted molar refractivity (Wildman–Crippen MR) is 107 cm³/mol. The predicted octanol–water partition coefficient (Wildman–Crippen LogP) is 3.06. The van der Waals surface area contributed by atoms with Gasteiger partial charge in [-0.05, 0) is 42.4 Å². The minimum atomic E-state index is -2.94. The maximum absolute atomic E-state index is 12.4. The Hall–Kier alpha value is -3.07. The molecule has 2 aromatic carbocycles. The van der Waals surface area contributed by atoms with Crippen molar-refractivity contribution in [2.24, 2.45) is 0 Å². The van der Waals surface area contributed by atoms with Crippen molar-refractivity contribution in [1.29, 1.82) is 0 Å². The first kappa shape index (κ1) is 23.2. The van der Waals surface area contributed by atoms with Crippen LogP contribution in [0.1, 0.15) is 11.1 Å². The summed E-state index contributed by atoms with van der Waals surface area (Å²) in [6, 6.07) is 10.1. The number of hydrogen-bond acceptors (Lipinski definition) is 6. The highest BCUT2D eigenvalue weighted by Crippen LogP contribution is 2.29. The third-order valence-electron chi connectivity index (χ3n) is 4.25. The third-order valence-corrected chi connectivity index (χ3v) is 4.25. The number of ether oxygens (including phenoxy) is 4. The highest BCUT2D eigenvalue weighted by atomic mass is 19.3. The maximum atomic E-state index is 12.4. The standard InChI is InChI=1S/C21H26F2N2O5/c1-25(12-15-6-7-16(27-2)18(10-15)28-3)13-20(26)24-11-14-5-8-17(30-21(22)23)19(9-14)29-4/h5-10,21H,11-13H2,1-4H3,(H,24,26). The summed E-state index contributed by atoms with van der Waals surface area (Å²) in [4.78, 5) is 14.1. The number of benzene rings is 2. The lowest BCUT2D eigenvalue weighted by Crippen LogP contribution is -2.34. The molecule has 0 fully saturated rings. The van der Waals surface area contributed by atoms with Crippen molar-refractivity contribution in [1.82, 2.24) is 10.2 Å². The average Bonchev–Trinajstić information content (AvgIpc) is 2.72. The number of halogens is 2. The highest BCUT2D eigenvalue weighted by Gasteiger charge is 2.13. The van der Waals surface area contributed by atoms with Crippen LogP contribution in [0.15, 0.2) is 36.4 Å². The lowest BCUT2D eigenvalue weighted by atomic mass is 10.2. The number of nitrogens with zero attached hydrogens (tertiary/aromatic N) is 1. The second-order valence-electron chi connectivity index (χ2n) is 6.50. The Morgan fingerprint density at radius 2 is 1.50 bits per heavy atom. The summed E-state index contributed by atoms with van der Waals surface area (Å²) in [5.74, 6) is 1.21. The van der Waals surface area contributed by atoms with Crippen LogP contribution in [0.25, 0.3) is 0 Å². The minimum absolute atomic E-state index is 0.0581. The molecule has 7 nitrogen and oxygen atoms in total. The molecule has 0 aliphatic carbocycles. The van der Waals surface area contributed by atoms with Crippen LogP contribution in [-0.4, -0.2) is 52.3 Å². The van der Waals surface area contributed by atoms with E-state index in [-0.39, 0.29) is 30.5 Å². The van der Waals surface area contributed by atoms with E-state index < -0.39 is 6.61 Å². The summed E-state index contributed by atoms with van der Waals surface area (Å²) in [7, 11) is 6.33. The van der Waals surface area contributed by atoms with Gasteiger partial charge in [-0.3, -0.25) is 9.69 Å². The molecule has 0 spiro atoms. The molecule has 164 valence electrons. The molecule has 0 bridgehead atoms. The molecule has 0 heterocycles. The minimum Gasteiger partial charge on any atom is -0.493 e. The van der Waals surface area contributed by atoms with Crippen molar-refractivity contribution < 1.29 is 32.5 Å². The molecule has 2 aromatic rings. The number of amides is 1. The Morgan fingerprint density at radius 3 is 2.13 bits per heavy atom. The van der Waals surface area contributed by atoms with Gasteiger partial charge in [-0.15, -0.1) is 0 Å². The number of methoxy groups -OCH3 is 3. The fourth-order valence-corrected chi connectivity index (χ4v) is 2.86. The van der Waals surface area contributed by atoms with Crippen molar-refractivity contribution in [3.05, 3.63) is 47.5 Å². The van der Waals surface area contributed by atoms with Gasteiger partial charge in [0.25, 0.3) is 0 Å². The highest BCUT2D eigenvalue weighted by molar-refractivity contribution is 5.78. The fraction of sp³-hybridized carbons (Fsp3) is 0.381. The summed E-state index contributed by atoms with van der Waals surface area (Å²) < 4.78 is 44.8. The van der Waals surface area contributed by atoms with E-state index >= 15 is 0 Å². The van der Waals surface area contributed by atoms with Crippen LogP contribution in [0.5, 0.6) is 23.0 Å². The largest absolute Gasteiger partial charge is 0.493 e. The van der Waals surface area contributed by atoms with E-state index in [0.717, 1.165) is 5.56 Å². The first-order chi connectivity index (χ1) is 14.4. The van der Waals surface area contributed by atoms with Gasteiger partial charge >= 0.3 is 6.61 Å². The molecular weight excluding hydrogens is 398 g/mol. The van der Waals surface area contributed by atoms with Gasteiger partial charge in [-0.25, -0.2) is 0 Å². The van der Waals surface area contributed by atoms with E-state index in [1.165, 1.54) is 13.2 Å². The average molecular weight is 424 g/mol. The van der Waals surface area contributed by atoms with Gasteiger partial charge in [0.1, 0.15) is 0 Å². The molecule has 9 heteroatoms. The van der Waals surface area contributed by atoms with Crippen LogP contribution < -0.4 is 24.3 Å². The van der Waals surface area contributed by atoms with Gasteiger partial charge < -0.3 is 24.3 Å². The Balaban J connectivity index is 1.88. The summed E-state index contributed by atoms with van der Waals surface area (Å²) in [6.07, 6.45) is 0. The maximum Gasteiger partial charge on any atom is 0.387 e. The number of nitrogens with one attached hydrogen (secondary N) is 1. The molecular formula is C21H26F2N2O5. The zero-order chi connectivity index (χ0) is 22.1. The van der Waals surface area contributed by atoms with Crippen LogP contribution >= 0.6 is 0 Å². The Labute approximate surface area is 174 Å². The van der Waals surface area contributed by atoms with E-state index in [1.54, 1.807) is 26.4 Å². The van der Waals surface area contributed by atoms with E-state index in [4.69, 9.17) is 14.2 Å². The molecule has 1 amide bonds. The quantitative estimate of drug-likeness (QED) is 0.598. The zero-order valence-electron chi connectivity index (χ0n) is 17.4. The number of hydrogen-bond donors (Lipinski definition) is 1. The second kappa shape index (κ2) is 11.2. The number of alkyl halides is 2. The first-order valence-electron chi connectivity index (χ1n) is 9.14. The van der Waals surface area contributed by atoms with E-state index in [1.807, 2.05) is 30.1 Å². The Morgan fingerprint density at radius 1 is 0.933 bits per heavy atom. The molecule has 0 aliphatic rings. The Kier molecular flexibility index (Phi) is 8.67. The SMILES string of the molecule is COc1ccc(CN(C)CC(=O)NCc2ccc(OC(F)F)c(OC)c2)cc1OC. The lowest BCUT2D eigenvalue weighted by molar-refractivity contribution is -0.122. The van der Waals surface area contributed by atoms with Gasteiger partial charge in [0.05, 0.1) is 27.9 Å². The zero-order valence-corrected chi connectivity index (χ0v) is 17.4. The fourth-order valence-electron chi connectivity index (χ4n) is 2.86. The summed E-state index contributed by atoms with van der Waals surface area (Å²) in [5, 5.41) is 2.80.